The van der Waals surface area contributed by atoms with E-state index in [9.17, 15) is 0 Å². The molecule has 0 aromatic carbocycles. The Hall–Kier alpha value is -1.01. The second-order valence-electron chi connectivity index (χ2n) is 3.09. The Labute approximate surface area is 92.6 Å². The zero-order valence-corrected chi connectivity index (χ0v) is 9.50. The molecule has 5 nitrogen and oxygen atoms in total. The molecule has 0 unspecified atom stereocenters. The molecule has 0 spiro atoms. The van der Waals surface area contributed by atoms with E-state index < -0.39 is 0 Å². The summed E-state index contributed by atoms with van der Waals surface area (Å²) >= 11 is 1.67. The molecule has 1 aromatic heterocycles. The standard InChI is InChI=1S/C9H13N3O2S/c1-10-8-7(13-2)9(12-5-11-8)15-6-3-14-4-6/h5-6H,3-4H2,1-2H3,(H,10,11,12). The second-order valence-corrected chi connectivity index (χ2v) is 4.38. The summed E-state index contributed by atoms with van der Waals surface area (Å²) < 4.78 is 10.4. The first-order valence-corrected chi connectivity index (χ1v) is 5.54. The van der Waals surface area contributed by atoms with Crippen molar-refractivity contribution in [3.8, 4) is 5.75 Å². The third-order valence-electron chi connectivity index (χ3n) is 2.10. The smallest absolute Gasteiger partial charge is 0.193 e. The summed E-state index contributed by atoms with van der Waals surface area (Å²) in [6, 6.07) is 0. The van der Waals surface area contributed by atoms with Crippen molar-refractivity contribution in [1.82, 2.24) is 9.97 Å². The first-order chi connectivity index (χ1) is 7.35. The Morgan fingerprint density at radius 3 is 2.87 bits per heavy atom. The van der Waals surface area contributed by atoms with E-state index >= 15 is 0 Å². The van der Waals surface area contributed by atoms with Crippen LogP contribution in [-0.2, 0) is 4.74 Å². The SMILES string of the molecule is CNc1ncnc(SC2COC2)c1OC. The van der Waals surface area contributed by atoms with Crippen LogP contribution in [0.15, 0.2) is 11.4 Å². The Morgan fingerprint density at radius 1 is 1.53 bits per heavy atom. The molecule has 0 amide bonds. The summed E-state index contributed by atoms with van der Waals surface area (Å²) in [6.45, 7) is 1.57. The molecule has 1 saturated heterocycles. The van der Waals surface area contributed by atoms with E-state index in [0.717, 1.165) is 24.1 Å². The number of rotatable bonds is 4. The van der Waals surface area contributed by atoms with Gasteiger partial charge >= 0.3 is 0 Å². The monoisotopic (exact) mass is 227 g/mol. The minimum absolute atomic E-state index is 0.485. The van der Waals surface area contributed by atoms with Crippen LogP contribution in [0.4, 0.5) is 5.82 Å². The number of aromatic nitrogens is 2. The highest BCUT2D eigenvalue weighted by Crippen LogP contribution is 2.36. The molecular formula is C9H13N3O2S. The van der Waals surface area contributed by atoms with Gasteiger partial charge in [0.2, 0.25) is 0 Å². The highest BCUT2D eigenvalue weighted by atomic mass is 32.2. The van der Waals surface area contributed by atoms with Crippen LogP contribution in [0.25, 0.3) is 0 Å². The van der Waals surface area contributed by atoms with E-state index in [4.69, 9.17) is 9.47 Å². The Bertz CT molecular complexity index is 344. The summed E-state index contributed by atoms with van der Waals surface area (Å²) in [5.74, 6) is 1.42. The van der Waals surface area contributed by atoms with Crippen LogP contribution in [0.3, 0.4) is 0 Å². The van der Waals surface area contributed by atoms with Crippen molar-refractivity contribution in [2.24, 2.45) is 0 Å². The van der Waals surface area contributed by atoms with Gasteiger partial charge in [-0.3, -0.25) is 0 Å². The minimum atomic E-state index is 0.485. The maximum atomic E-state index is 5.29. The lowest BCUT2D eigenvalue weighted by Crippen LogP contribution is -2.30. The van der Waals surface area contributed by atoms with Gasteiger partial charge in [-0.15, -0.1) is 0 Å². The molecule has 1 aromatic rings. The van der Waals surface area contributed by atoms with Gasteiger partial charge in [0.05, 0.1) is 25.6 Å². The molecule has 1 aliphatic rings. The predicted molar refractivity (Wildman–Crippen MR) is 58.6 cm³/mol. The number of ether oxygens (including phenoxy) is 2. The maximum absolute atomic E-state index is 5.29. The fourth-order valence-electron chi connectivity index (χ4n) is 1.24. The van der Waals surface area contributed by atoms with Gasteiger partial charge in [0.1, 0.15) is 11.4 Å². The van der Waals surface area contributed by atoms with Crippen molar-refractivity contribution in [3.63, 3.8) is 0 Å². The highest BCUT2D eigenvalue weighted by molar-refractivity contribution is 8.00. The molecule has 2 rings (SSSR count). The number of hydrogen-bond acceptors (Lipinski definition) is 6. The van der Waals surface area contributed by atoms with Crippen LogP contribution in [0.5, 0.6) is 5.75 Å². The number of hydrogen-bond donors (Lipinski definition) is 1. The summed E-state index contributed by atoms with van der Waals surface area (Å²) in [6.07, 6.45) is 1.54. The van der Waals surface area contributed by atoms with Crippen LogP contribution in [-0.4, -0.2) is 42.6 Å². The average molecular weight is 227 g/mol. The zero-order valence-electron chi connectivity index (χ0n) is 8.69. The van der Waals surface area contributed by atoms with Crippen LogP contribution in [0, 0.1) is 0 Å². The Kier molecular flexibility index (Phi) is 3.27. The van der Waals surface area contributed by atoms with Gasteiger partial charge in [-0.05, 0) is 0 Å². The van der Waals surface area contributed by atoms with Gasteiger partial charge in [-0.1, -0.05) is 11.8 Å². The maximum Gasteiger partial charge on any atom is 0.193 e. The molecule has 1 fully saturated rings. The number of methoxy groups -OCH3 is 1. The van der Waals surface area contributed by atoms with Crippen molar-refractivity contribution >= 4 is 17.6 Å². The lowest BCUT2D eigenvalue weighted by atomic mass is 10.4. The van der Waals surface area contributed by atoms with Gasteiger partial charge in [0, 0.05) is 7.05 Å². The highest BCUT2D eigenvalue weighted by Gasteiger charge is 2.23. The van der Waals surface area contributed by atoms with Crippen molar-refractivity contribution in [2.45, 2.75) is 10.3 Å². The number of thioether (sulfide) groups is 1. The molecule has 0 atom stereocenters. The van der Waals surface area contributed by atoms with Crippen molar-refractivity contribution in [3.05, 3.63) is 6.33 Å². The number of nitrogens with zero attached hydrogens (tertiary/aromatic N) is 2. The molecule has 0 radical (unpaired) electrons. The van der Waals surface area contributed by atoms with E-state index in [2.05, 4.69) is 15.3 Å². The fraction of sp³-hybridized carbons (Fsp3) is 0.556. The molecule has 2 heterocycles. The molecule has 0 saturated carbocycles. The number of anilines is 1. The van der Waals surface area contributed by atoms with Gasteiger partial charge < -0.3 is 14.8 Å². The molecule has 0 bridgehead atoms. The quantitative estimate of drug-likeness (QED) is 0.775. The largest absolute Gasteiger partial charge is 0.490 e. The van der Waals surface area contributed by atoms with Gasteiger partial charge in [0.25, 0.3) is 0 Å². The van der Waals surface area contributed by atoms with Crippen molar-refractivity contribution in [2.75, 3.05) is 32.7 Å². The normalized spacial score (nSPS) is 15.9. The molecule has 15 heavy (non-hydrogen) atoms. The zero-order chi connectivity index (χ0) is 10.7. The van der Waals surface area contributed by atoms with Crippen LogP contribution in [0.1, 0.15) is 0 Å². The van der Waals surface area contributed by atoms with E-state index in [1.54, 1.807) is 18.9 Å². The Morgan fingerprint density at radius 2 is 2.33 bits per heavy atom. The van der Waals surface area contributed by atoms with E-state index in [0.29, 0.717) is 11.0 Å². The van der Waals surface area contributed by atoms with Crippen LogP contribution >= 0.6 is 11.8 Å². The van der Waals surface area contributed by atoms with Gasteiger partial charge in [0.15, 0.2) is 11.6 Å². The molecular weight excluding hydrogens is 214 g/mol. The van der Waals surface area contributed by atoms with Crippen molar-refractivity contribution < 1.29 is 9.47 Å². The molecule has 1 aliphatic heterocycles. The molecule has 1 N–H and O–H groups in total. The third kappa shape index (κ3) is 2.15. The first-order valence-electron chi connectivity index (χ1n) is 4.66. The van der Waals surface area contributed by atoms with Crippen LogP contribution in [0.2, 0.25) is 0 Å². The summed E-state index contributed by atoms with van der Waals surface area (Å²) in [5.41, 5.74) is 0. The summed E-state index contributed by atoms with van der Waals surface area (Å²) in [4.78, 5) is 8.30. The van der Waals surface area contributed by atoms with Crippen LogP contribution < -0.4 is 10.1 Å². The first kappa shape index (κ1) is 10.5. The fourth-order valence-corrected chi connectivity index (χ4v) is 2.28. The second kappa shape index (κ2) is 4.67. The average Bonchev–Trinajstić information content (AvgIpc) is 2.22. The van der Waals surface area contributed by atoms with Gasteiger partial charge in [-0.25, -0.2) is 9.97 Å². The molecule has 0 aliphatic carbocycles. The van der Waals surface area contributed by atoms with E-state index in [1.165, 1.54) is 6.33 Å². The minimum Gasteiger partial charge on any atom is -0.490 e. The lowest BCUT2D eigenvalue weighted by molar-refractivity contribution is 0.0454. The topological polar surface area (TPSA) is 56.3 Å². The van der Waals surface area contributed by atoms with E-state index in [1.807, 2.05) is 7.05 Å². The molecule has 82 valence electrons. The summed E-state index contributed by atoms with van der Waals surface area (Å²) in [5, 5.41) is 4.33. The third-order valence-corrected chi connectivity index (χ3v) is 3.22. The summed E-state index contributed by atoms with van der Waals surface area (Å²) in [7, 11) is 3.44. The predicted octanol–water partition coefficient (Wildman–Crippen LogP) is 1.02. The Balaban J connectivity index is 2.20. The van der Waals surface area contributed by atoms with Crippen molar-refractivity contribution in [1.29, 1.82) is 0 Å². The lowest BCUT2D eigenvalue weighted by Gasteiger charge is -2.25. The van der Waals surface area contributed by atoms with Gasteiger partial charge in [-0.2, -0.15) is 0 Å². The number of nitrogens with one attached hydrogen (secondary N) is 1. The molecule has 6 heteroatoms. The van der Waals surface area contributed by atoms with E-state index in [-0.39, 0.29) is 0 Å².